The van der Waals surface area contributed by atoms with Crippen LogP contribution in [0.15, 0.2) is 16.8 Å². The van der Waals surface area contributed by atoms with E-state index in [1.54, 1.807) is 11.3 Å². The number of hydrogen-bond acceptors (Lipinski definition) is 3. The second-order valence-corrected chi connectivity index (χ2v) is 4.19. The maximum absolute atomic E-state index is 11.6. The van der Waals surface area contributed by atoms with Crippen LogP contribution >= 0.6 is 11.3 Å². The number of carbonyl (C=O) groups is 1. The number of rotatable bonds is 4. The third-order valence-electron chi connectivity index (χ3n) is 2.35. The summed E-state index contributed by atoms with van der Waals surface area (Å²) in [6.45, 7) is 4.01. The number of nitrogens with two attached hydrogens (primary N) is 1. The van der Waals surface area contributed by atoms with Gasteiger partial charge >= 0.3 is 0 Å². The Kier molecular flexibility index (Phi) is 4.10. The van der Waals surface area contributed by atoms with Gasteiger partial charge in [0.1, 0.15) is 0 Å². The first-order valence-corrected chi connectivity index (χ1v) is 5.68. The quantitative estimate of drug-likeness (QED) is 0.802. The minimum absolute atomic E-state index is 0.0993. The molecule has 3 N–H and O–H groups in total. The third-order valence-corrected chi connectivity index (χ3v) is 3.03. The van der Waals surface area contributed by atoms with Gasteiger partial charge in [-0.15, -0.1) is 0 Å². The molecular formula is C10H16N2OS. The number of nitrogens with one attached hydrogen (secondary N) is 1. The molecule has 0 aliphatic rings. The molecule has 0 fully saturated rings. The smallest absolute Gasteiger partial charge is 0.241 e. The fourth-order valence-corrected chi connectivity index (χ4v) is 1.66. The largest absolute Gasteiger partial charge is 0.324 e. The standard InChI is InChI=1S/C10H16N2OS/c1-3-7(2)9(11)10(13)12-8-4-5-14-6-8/h4-7,9H,3,11H2,1-2H3,(H,12,13)/t7?,9-/m0/s1. The Balaban J connectivity index is 2.50. The van der Waals surface area contributed by atoms with Gasteiger partial charge in [0, 0.05) is 5.38 Å². The molecule has 1 amide bonds. The fraction of sp³-hybridized carbons (Fsp3) is 0.500. The first-order valence-electron chi connectivity index (χ1n) is 4.73. The van der Waals surface area contributed by atoms with Crippen LogP contribution in [0.4, 0.5) is 5.69 Å². The van der Waals surface area contributed by atoms with Crippen molar-refractivity contribution in [2.24, 2.45) is 11.7 Å². The molecule has 0 saturated carbocycles. The summed E-state index contributed by atoms with van der Waals surface area (Å²) in [5.74, 6) is 0.117. The number of thiophene rings is 1. The summed E-state index contributed by atoms with van der Waals surface area (Å²) in [4.78, 5) is 11.6. The summed E-state index contributed by atoms with van der Waals surface area (Å²) in [5.41, 5.74) is 6.61. The summed E-state index contributed by atoms with van der Waals surface area (Å²) >= 11 is 1.55. The van der Waals surface area contributed by atoms with Gasteiger partial charge in [-0.1, -0.05) is 20.3 Å². The molecule has 3 nitrogen and oxygen atoms in total. The molecular weight excluding hydrogens is 196 g/mol. The van der Waals surface area contributed by atoms with Crippen LogP contribution in [0.5, 0.6) is 0 Å². The zero-order valence-corrected chi connectivity index (χ0v) is 9.30. The lowest BCUT2D eigenvalue weighted by atomic mass is 9.99. The number of hydrogen-bond donors (Lipinski definition) is 2. The van der Waals surface area contributed by atoms with Crippen molar-refractivity contribution in [2.45, 2.75) is 26.3 Å². The highest BCUT2D eigenvalue weighted by Gasteiger charge is 2.19. The average Bonchev–Trinajstić information content (AvgIpc) is 2.68. The van der Waals surface area contributed by atoms with E-state index in [0.717, 1.165) is 12.1 Å². The van der Waals surface area contributed by atoms with Gasteiger partial charge < -0.3 is 11.1 Å². The van der Waals surface area contributed by atoms with E-state index in [1.807, 2.05) is 30.7 Å². The fourth-order valence-electron chi connectivity index (χ4n) is 1.07. The van der Waals surface area contributed by atoms with Gasteiger partial charge in [-0.25, -0.2) is 0 Å². The zero-order chi connectivity index (χ0) is 10.6. The van der Waals surface area contributed by atoms with E-state index in [1.165, 1.54) is 0 Å². The molecule has 78 valence electrons. The van der Waals surface area contributed by atoms with Crippen molar-refractivity contribution in [2.75, 3.05) is 5.32 Å². The minimum Gasteiger partial charge on any atom is -0.324 e. The second kappa shape index (κ2) is 5.12. The van der Waals surface area contributed by atoms with Gasteiger partial charge in [0.15, 0.2) is 0 Å². The molecule has 14 heavy (non-hydrogen) atoms. The lowest BCUT2D eigenvalue weighted by Gasteiger charge is -2.16. The Morgan fingerprint density at radius 3 is 2.93 bits per heavy atom. The molecule has 0 aromatic carbocycles. The van der Waals surface area contributed by atoms with Crippen molar-refractivity contribution in [3.63, 3.8) is 0 Å². The summed E-state index contributed by atoms with van der Waals surface area (Å²) in [6.07, 6.45) is 0.915. The van der Waals surface area contributed by atoms with E-state index in [-0.39, 0.29) is 11.8 Å². The van der Waals surface area contributed by atoms with Crippen molar-refractivity contribution in [3.05, 3.63) is 16.8 Å². The van der Waals surface area contributed by atoms with Crippen molar-refractivity contribution in [1.82, 2.24) is 0 Å². The topological polar surface area (TPSA) is 55.1 Å². The minimum atomic E-state index is -0.417. The van der Waals surface area contributed by atoms with E-state index >= 15 is 0 Å². The number of amides is 1. The third kappa shape index (κ3) is 2.82. The van der Waals surface area contributed by atoms with Gasteiger partial charge in [-0.3, -0.25) is 4.79 Å². The highest BCUT2D eigenvalue weighted by molar-refractivity contribution is 7.08. The average molecular weight is 212 g/mol. The highest BCUT2D eigenvalue weighted by atomic mass is 32.1. The normalized spacial score (nSPS) is 14.8. The summed E-state index contributed by atoms with van der Waals surface area (Å²) in [5, 5.41) is 6.59. The molecule has 1 unspecified atom stereocenters. The van der Waals surface area contributed by atoms with Crippen LogP contribution in [0.3, 0.4) is 0 Å². The molecule has 1 heterocycles. The lowest BCUT2D eigenvalue weighted by molar-refractivity contribution is -0.118. The van der Waals surface area contributed by atoms with Gasteiger partial charge in [-0.05, 0) is 17.4 Å². The molecule has 1 aromatic heterocycles. The van der Waals surface area contributed by atoms with Gasteiger partial charge in [0.2, 0.25) is 5.91 Å². The van der Waals surface area contributed by atoms with Crippen LogP contribution in [0.1, 0.15) is 20.3 Å². The molecule has 4 heteroatoms. The van der Waals surface area contributed by atoms with E-state index in [4.69, 9.17) is 5.73 Å². The van der Waals surface area contributed by atoms with Crippen LogP contribution < -0.4 is 11.1 Å². The van der Waals surface area contributed by atoms with Crippen LogP contribution in [0.25, 0.3) is 0 Å². The maximum atomic E-state index is 11.6. The Labute approximate surface area is 88.3 Å². The van der Waals surface area contributed by atoms with Crippen LogP contribution in [-0.4, -0.2) is 11.9 Å². The van der Waals surface area contributed by atoms with E-state index < -0.39 is 6.04 Å². The SMILES string of the molecule is CCC(C)[C@H](N)C(=O)Nc1ccsc1. The molecule has 0 spiro atoms. The summed E-state index contributed by atoms with van der Waals surface area (Å²) < 4.78 is 0. The molecule has 0 saturated heterocycles. The van der Waals surface area contributed by atoms with Crippen LogP contribution in [0, 0.1) is 5.92 Å². The molecule has 0 aliphatic heterocycles. The maximum Gasteiger partial charge on any atom is 0.241 e. The number of carbonyl (C=O) groups excluding carboxylic acids is 1. The van der Waals surface area contributed by atoms with E-state index in [0.29, 0.717) is 0 Å². The summed E-state index contributed by atoms with van der Waals surface area (Å²) in [7, 11) is 0. The molecule has 0 bridgehead atoms. The lowest BCUT2D eigenvalue weighted by Crippen LogP contribution is -2.40. The van der Waals surface area contributed by atoms with E-state index in [9.17, 15) is 4.79 Å². The van der Waals surface area contributed by atoms with Crippen LogP contribution in [0.2, 0.25) is 0 Å². The first kappa shape index (κ1) is 11.2. The van der Waals surface area contributed by atoms with Gasteiger partial charge in [0.25, 0.3) is 0 Å². The Morgan fingerprint density at radius 1 is 1.71 bits per heavy atom. The van der Waals surface area contributed by atoms with Gasteiger partial charge in [0.05, 0.1) is 11.7 Å². The summed E-state index contributed by atoms with van der Waals surface area (Å²) in [6, 6.07) is 1.45. The van der Waals surface area contributed by atoms with Crippen molar-refractivity contribution >= 4 is 22.9 Å². The monoisotopic (exact) mass is 212 g/mol. The van der Waals surface area contributed by atoms with Crippen LogP contribution in [-0.2, 0) is 4.79 Å². The molecule has 0 radical (unpaired) electrons. The second-order valence-electron chi connectivity index (χ2n) is 3.41. The Morgan fingerprint density at radius 2 is 2.43 bits per heavy atom. The molecule has 1 rings (SSSR count). The Hall–Kier alpha value is -0.870. The number of anilines is 1. The predicted molar refractivity (Wildman–Crippen MR) is 60.4 cm³/mol. The van der Waals surface area contributed by atoms with Crippen molar-refractivity contribution < 1.29 is 4.79 Å². The van der Waals surface area contributed by atoms with Crippen molar-refractivity contribution in [3.8, 4) is 0 Å². The highest BCUT2D eigenvalue weighted by Crippen LogP contribution is 2.13. The molecule has 0 aliphatic carbocycles. The predicted octanol–water partition coefficient (Wildman–Crippen LogP) is 2.06. The molecule has 2 atom stereocenters. The molecule has 1 aromatic rings. The van der Waals surface area contributed by atoms with Crippen molar-refractivity contribution in [1.29, 1.82) is 0 Å². The zero-order valence-electron chi connectivity index (χ0n) is 8.49. The van der Waals surface area contributed by atoms with E-state index in [2.05, 4.69) is 5.32 Å². The Bertz CT molecular complexity index is 284. The first-order chi connectivity index (χ1) is 6.65. The van der Waals surface area contributed by atoms with Gasteiger partial charge in [-0.2, -0.15) is 11.3 Å².